The number of carbonyl (C=O) groups excluding carboxylic acids is 1. The average Bonchev–Trinajstić information content (AvgIpc) is 3.30. The molecule has 3 heterocycles. The molecule has 4 rings (SSSR count). The van der Waals surface area contributed by atoms with Gasteiger partial charge in [0.15, 0.2) is 5.82 Å². The highest BCUT2D eigenvalue weighted by Crippen LogP contribution is 2.23. The van der Waals surface area contributed by atoms with Gasteiger partial charge in [0.05, 0.1) is 0 Å². The number of halogens is 1. The fraction of sp³-hybridized carbons (Fsp3) is 0.300. The van der Waals surface area contributed by atoms with Crippen LogP contribution in [-0.2, 0) is 13.5 Å². The number of nitrogens with zero attached hydrogens (tertiary/aromatic N) is 5. The predicted octanol–water partition coefficient (Wildman–Crippen LogP) is 2.72. The summed E-state index contributed by atoms with van der Waals surface area (Å²) < 4.78 is 15.3. The summed E-state index contributed by atoms with van der Waals surface area (Å²) in [6.07, 6.45) is 6.85. The predicted molar refractivity (Wildman–Crippen MR) is 98.3 cm³/mol. The fourth-order valence-corrected chi connectivity index (χ4v) is 3.53. The molecule has 0 spiro atoms. The third kappa shape index (κ3) is 3.72. The number of rotatable bonds is 4. The van der Waals surface area contributed by atoms with Crippen LogP contribution in [0.25, 0.3) is 11.5 Å². The van der Waals surface area contributed by atoms with Crippen molar-refractivity contribution in [3.8, 4) is 11.5 Å². The summed E-state index contributed by atoms with van der Waals surface area (Å²) in [6, 6.07) is 7.81. The van der Waals surface area contributed by atoms with Crippen molar-refractivity contribution in [3.05, 3.63) is 66.1 Å². The summed E-state index contributed by atoms with van der Waals surface area (Å²) in [7, 11) is 1.93. The summed E-state index contributed by atoms with van der Waals surface area (Å²) >= 11 is 0. The average molecular weight is 365 g/mol. The Bertz CT molecular complexity index is 970. The van der Waals surface area contributed by atoms with Crippen LogP contribution in [0.3, 0.4) is 0 Å². The van der Waals surface area contributed by atoms with Crippen molar-refractivity contribution >= 4 is 5.91 Å². The molecule has 1 atom stereocenters. The third-order valence-corrected chi connectivity index (χ3v) is 4.92. The summed E-state index contributed by atoms with van der Waals surface area (Å²) in [6.45, 7) is 1.33. The molecule has 1 aromatic carbocycles. The molecule has 3 aromatic rings. The second-order valence-corrected chi connectivity index (χ2v) is 6.88. The van der Waals surface area contributed by atoms with Gasteiger partial charge in [-0.25, -0.2) is 19.3 Å². The minimum atomic E-state index is -0.389. The Morgan fingerprint density at radius 3 is 2.93 bits per heavy atom. The Hall–Kier alpha value is -3.09. The molecule has 0 saturated carbocycles. The lowest BCUT2D eigenvalue weighted by atomic mass is 10.0. The quantitative estimate of drug-likeness (QED) is 0.713. The monoisotopic (exact) mass is 365 g/mol. The molecular weight excluding hydrogens is 345 g/mol. The van der Waals surface area contributed by atoms with E-state index in [1.54, 1.807) is 29.6 Å². The van der Waals surface area contributed by atoms with Crippen molar-refractivity contribution in [3.63, 3.8) is 0 Å². The van der Waals surface area contributed by atoms with E-state index < -0.39 is 0 Å². The number of carbonyl (C=O) groups is 1. The van der Waals surface area contributed by atoms with Crippen LogP contribution in [0.15, 0.2) is 49.1 Å². The number of amides is 1. The maximum absolute atomic E-state index is 13.4. The van der Waals surface area contributed by atoms with E-state index in [-0.39, 0.29) is 11.7 Å². The van der Waals surface area contributed by atoms with Crippen molar-refractivity contribution in [1.29, 1.82) is 0 Å². The number of imidazole rings is 1. The third-order valence-electron chi connectivity index (χ3n) is 4.92. The highest BCUT2D eigenvalue weighted by molar-refractivity contribution is 5.94. The zero-order valence-electron chi connectivity index (χ0n) is 15.0. The lowest BCUT2D eigenvalue weighted by molar-refractivity contribution is 0.0786. The molecule has 1 aliphatic heterocycles. The minimum absolute atomic E-state index is 0.117. The Balaban J connectivity index is 1.43. The smallest absolute Gasteiger partial charge is 0.253 e. The van der Waals surface area contributed by atoms with E-state index in [0.717, 1.165) is 30.1 Å². The lowest BCUT2D eigenvalue weighted by Crippen LogP contribution is -2.29. The first-order valence-corrected chi connectivity index (χ1v) is 8.93. The van der Waals surface area contributed by atoms with Gasteiger partial charge in [-0.05, 0) is 43.0 Å². The molecule has 0 aliphatic carbocycles. The van der Waals surface area contributed by atoms with Crippen molar-refractivity contribution in [2.75, 3.05) is 13.1 Å². The van der Waals surface area contributed by atoms with E-state index in [9.17, 15) is 9.18 Å². The van der Waals surface area contributed by atoms with Crippen LogP contribution in [-0.4, -0.2) is 43.4 Å². The van der Waals surface area contributed by atoms with E-state index in [4.69, 9.17) is 0 Å². The van der Waals surface area contributed by atoms with Crippen LogP contribution in [0, 0.1) is 11.7 Å². The van der Waals surface area contributed by atoms with Crippen LogP contribution in [0.1, 0.15) is 22.5 Å². The Morgan fingerprint density at radius 2 is 2.15 bits per heavy atom. The van der Waals surface area contributed by atoms with Crippen LogP contribution in [0.2, 0.25) is 0 Å². The topological polar surface area (TPSA) is 63.9 Å². The van der Waals surface area contributed by atoms with Gasteiger partial charge in [0.2, 0.25) is 0 Å². The Labute approximate surface area is 156 Å². The fourth-order valence-electron chi connectivity index (χ4n) is 3.53. The van der Waals surface area contributed by atoms with Crippen LogP contribution in [0.5, 0.6) is 0 Å². The van der Waals surface area contributed by atoms with Crippen molar-refractivity contribution in [2.24, 2.45) is 13.0 Å². The van der Waals surface area contributed by atoms with Gasteiger partial charge in [-0.3, -0.25) is 4.79 Å². The molecule has 0 bridgehead atoms. The van der Waals surface area contributed by atoms with Crippen molar-refractivity contribution in [2.45, 2.75) is 12.8 Å². The zero-order chi connectivity index (χ0) is 18.8. The molecule has 2 aromatic heterocycles. The number of likely N-dealkylation sites (tertiary alicyclic amines) is 1. The largest absolute Gasteiger partial charge is 0.338 e. The highest BCUT2D eigenvalue weighted by Gasteiger charge is 2.27. The molecule has 138 valence electrons. The Morgan fingerprint density at radius 1 is 1.26 bits per heavy atom. The van der Waals surface area contributed by atoms with E-state index in [0.29, 0.717) is 24.6 Å². The number of aromatic nitrogens is 4. The molecular formula is C20H20FN5O. The SMILES string of the molecule is Cn1ccnc1-c1cc(CC2CCN(C(=O)c3cccc(F)c3)C2)ncn1. The number of hydrogen-bond acceptors (Lipinski definition) is 4. The molecule has 7 heteroatoms. The van der Waals surface area contributed by atoms with E-state index >= 15 is 0 Å². The van der Waals surface area contributed by atoms with Gasteiger partial charge in [0.1, 0.15) is 17.8 Å². The molecule has 1 aliphatic rings. The Kier molecular flexibility index (Phi) is 4.66. The van der Waals surface area contributed by atoms with Crippen molar-refractivity contribution < 1.29 is 9.18 Å². The first-order valence-electron chi connectivity index (χ1n) is 8.93. The molecule has 1 fully saturated rings. The van der Waals surface area contributed by atoms with Gasteiger partial charge in [0, 0.05) is 43.8 Å². The first-order chi connectivity index (χ1) is 13.1. The van der Waals surface area contributed by atoms with Gasteiger partial charge in [0.25, 0.3) is 5.91 Å². The molecule has 1 saturated heterocycles. The number of hydrogen-bond donors (Lipinski definition) is 0. The molecule has 0 radical (unpaired) electrons. The lowest BCUT2D eigenvalue weighted by Gasteiger charge is -2.16. The van der Waals surface area contributed by atoms with E-state index in [1.165, 1.54) is 12.1 Å². The minimum Gasteiger partial charge on any atom is -0.338 e. The van der Waals surface area contributed by atoms with Gasteiger partial charge in [-0.15, -0.1) is 0 Å². The molecule has 1 amide bonds. The zero-order valence-corrected chi connectivity index (χ0v) is 15.0. The summed E-state index contributed by atoms with van der Waals surface area (Å²) in [5.41, 5.74) is 2.13. The van der Waals surface area contributed by atoms with Gasteiger partial charge in [-0.2, -0.15) is 0 Å². The standard InChI is InChI=1S/C20H20FN5O/c1-25-8-6-22-19(25)18-11-17(23-13-24-18)9-14-5-7-26(12-14)20(27)15-3-2-4-16(21)10-15/h2-4,6,8,10-11,13-14H,5,7,9,12H2,1H3. The maximum Gasteiger partial charge on any atom is 0.253 e. The van der Waals surface area contributed by atoms with E-state index in [1.807, 2.05) is 23.9 Å². The summed E-state index contributed by atoms with van der Waals surface area (Å²) in [5, 5.41) is 0. The first kappa shape index (κ1) is 17.3. The van der Waals surface area contributed by atoms with Gasteiger partial charge >= 0.3 is 0 Å². The second-order valence-electron chi connectivity index (χ2n) is 6.88. The van der Waals surface area contributed by atoms with E-state index in [2.05, 4.69) is 15.0 Å². The summed E-state index contributed by atoms with van der Waals surface area (Å²) in [4.78, 5) is 27.4. The number of benzene rings is 1. The highest BCUT2D eigenvalue weighted by atomic mass is 19.1. The molecule has 1 unspecified atom stereocenters. The molecule has 6 nitrogen and oxygen atoms in total. The van der Waals surface area contributed by atoms with Crippen LogP contribution in [0.4, 0.5) is 4.39 Å². The summed E-state index contributed by atoms with van der Waals surface area (Å²) in [5.74, 6) is 0.618. The maximum atomic E-state index is 13.4. The second kappa shape index (κ2) is 7.26. The van der Waals surface area contributed by atoms with Crippen LogP contribution >= 0.6 is 0 Å². The molecule has 0 N–H and O–H groups in total. The van der Waals surface area contributed by atoms with Gasteiger partial charge in [-0.1, -0.05) is 6.07 Å². The van der Waals surface area contributed by atoms with Crippen LogP contribution < -0.4 is 0 Å². The van der Waals surface area contributed by atoms with Crippen molar-refractivity contribution in [1.82, 2.24) is 24.4 Å². The molecule has 27 heavy (non-hydrogen) atoms. The normalized spacial score (nSPS) is 16.7. The van der Waals surface area contributed by atoms with Gasteiger partial charge < -0.3 is 9.47 Å². The number of aryl methyl sites for hydroxylation is 1.